The van der Waals surface area contributed by atoms with Crippen molar-refractivity contribution in [2.45, 2.75) is 46.8 Å². The number of aromatic nitrogens is 2. The molecule has 0 radical (unpaired) electrons. The first-order valence-electron chi connectivity index (χ1n) is 9.86. The van der Waals surface area contributed by atoms with E-state index in [2.05, 4.69) is 76.3 Å². The van der Waals surface area contributed by atoms with Gasteiger partial charge in [-0.3, -0.25) is 14.4 Å². The molecule has 1 aliphatic heterocycles. The van der Waals surface area contributed by atoms with Crippen LogP contribution in [0.15, 0.2) is 42.5 Å². The van der Waals surface area contributed by atoms with Crippen molar-refractivity contribution in [3.05, 3.63) is 59.4 Å². The fourth-order valence-corrected chi connectivity index (χ4v) is 3.45. The van der Waals surface area contributed by atoms with Gasteiger partial charge in [-0.2, -0.15) is 5.10 Å². The number of allylic oxidation sites excluding steroid dienone is 1. The highest BCUT2D eigenvalue weighted by molar-refractivity contribution is 5.75. The van der Waals surface area contributed by atoms with Crippen molar-refractivity contribution in [3.8, 4) is 0 Å². The molecule has 0 saturated heterocycles. The summed E-state index contributed by atoms with van der Waals surface area (Å²) in [5, 5.41) is 7.54. The van der Waals surface area contributed by atoms with Crippen LogP contribution in [0.4, 0.5) is 0 Å². The number of carbonyl (C=O) groups excluding carboxylic acids is 1. The highest BCUT2D eigenvalue weighted by Crippen LogP contribution is 2.21. The van der Waals surface area contributed by atoms with Crippen LogP contribution >= 0.6 is 0 Å². The summed E-state index contributed by atoms with van der Waals surface area (Å²) >= 11 is 0. The molecule has 0 spiro atoms. The second-order valence-electron chi connectivity index (χ2n) is 7.49. The number of hydrogen-bond acceptors (Lipinski definition) is 3. The highest BCUT2D eigenvalue weighted by atomic mass is 16.1. The Morgan fingerprint density at radius 3 is 2.74 bits per heavy atom. The summed E-state index contributed by atoms with van der Waals surface area (Å²) < 4.78 is 2.08. The molecule has 5 nitrogen and oxygen atoms in total. The minimum absolute atomic E-state index is 0.0638. The lowest BCUT2D eigenvalue weighted by Gasteiger charge is -2.28. The van der Waals surface area contributed by atoms with E-state index < -0.39 is 0 Å². The Kier molecular flexibility index (Phi) is 6.45. The van der Waals surface area contributed by atoms with Crippen molar-refractivity contribution in [1.82, 2.24) is 20.0 Å². The molecule has 5 heteroatoms. The third kappa shape index (κ3) is 5.30. The van der Waals surface area contributed by atoms with Gasteiger partial charge in [0.05, 0.1) is 24.5 Å². The smallest absolute Gasteiger partial charge is 0.220 e. The molecule has 144 valence electrons. The normalized spacial score (nSPS) is 15.0. The molecule has 0 fully saturated rings. The predicted molar refractivity (Wildman–Crippen MR) is 109 cm³/mol. The molecule has 3 rings (SSSR count). The van der Waals surface area contributed by atoms with E-state index in [1.807, 2.05) is 6.92 Å². The number of carbonyl (C=O) groups is 1. The summed E-state index contributed by atoms with van der Waals surface area (Å²) in [4.78, 5) is 13.9. The van der Waals surface area contributed by atoms with Gasteiger partial charge in [0, 0.05) is 26.1 Å². The molecule has 0 unspecified atom stereocenters. The van der Waals surface area contributed by atoms with E-state index >= 15 is 0 Å². The summed E-state index contributed by atoms with van der Waals surface area (Å²) in [6.45, 7) is 10.5. The Hall–Kier alpha value is -2.40. The monoisotopic (exact) mass is 366 g/mol. The molecular formula is C22H30N4O. The van der Waals surface area contributed by atoms with Gasteiger partial charge in [0.2, 0.25) is 5.91 Å². The maximum Gasteiger partial charge on any atom is 0.220 e. The average Bonchev–Trinajstić information content (AvgIpc) is 3.08. The number of benzene rings is 1. The molecule has 1 aromatic heterocycles. The van der Waals surface area contributed by atoms with E-state index in [1.54, 1.807) is 0 Å². The summed E-state index contributed by atoms with van der Waals surface area (Å²) in [6, 6.07) is 12.8. The van der Waals surface area contributed by atoms with E-state index in [4.69, 9.17) is 0 Å². The van der Waals surface area contributed by atoms with E-state index in [9.17, 15) is 4.79 Å². The lowest BCUT2D eigenvalue weighted by atomic mass is 10.0. The van der Waals surface area contributed by atoms with Crippen LogP contribution in [-0.4, -0.2) is 33.7 Å². The zero-order valence-electron chi connectivity index (χ0n) is 16.6. The zero-order valence-corrected chi connectivity index (χ0v) is 16.6. The largest absolute Gasteiger partial charge is 0.350 e. The topological polar surface area (TPSA) is 50.2 Å². The van der Waals surface area contributed by atoms with Crippen molar-refractivity contribution >= 4 is 11.5 Å². The van der Waals surface area contributed by atoms with Crippen LogP contribution < -0.4 is 5.32 Å². The second kappa shape index (κ2) is 9.00. The SMILES string of the molecule is CCC(=O)NCc1cc2n(n1)CCN(CC(=CC(C)C)c1ccccc1)C2. The van der Waals surface area contributed by atoms with Crippen molar-refractivity contribution < 1.29 is 4.79 Å². The van der Waals surface area contributed by atoms with E-state index in [-0.39, 0.29) is 5.91 Å². The van der Waals surface area contributed by atoms with Crippen molar-refractivity contribution in [1.29, 1.82) is 0 Å². The van der Waals surface area contributed by atoms with Crippen LogP contribution in [0.5, 0.6) is 0 Å². The molecule has 2 heterocycles. The first-order chi connectivity index (χ1) is 13.0. The molecule has 1 aromatic carbocycles. The molecule has 0 bridgehead atoms. The van der Waals surface area contributed by atoms with Crippen molar-refractivity contribution in [2.75, 3.05) is 13.1 Å². The van der Waals surface area contributed by atoms with Gasteiger partial charge in [-0.05, 0) is 23.1 Å². The minimum Gasteiger partial charge on any atom is -0.350 e. The number of nitrogens with one attached hydrogen (secondary N) is 1. The highest BCUT2D eigenvalue weighted by Gasteiger charge is 2.20. The third-order valence-corrected chi connectivity index (χ3v) is 4.79. The molecule has 27 heavy (non-hydrogen) atoms. The van der Waals surface area contributed by atoms with E-state index in [0.717, 1.165) is 31.9 Å². The fraction of sp³-hybridized carbons (Fsp3) is 0.455. The summed E-state index contributed by atoms with van der Waals surface area (Å²) in [6.07, 6.45) is 2.87. The Labute approximate surface area is 162 Å². The average molecular weight is 367 g/mol. The van der Waals surface area contributed by atoms with Crippen LogP contribution in [0.1, 0.15) is 44.1 Å². The summed E-state index contributed by atoms with van der Waals surface area (Å²) in [5.41, 5.74) is 4.84. The number of fused-ring (bicyclic) bond motifs is 1. The molecular weight excluding hydrogens is 336 g/mol. The number of amides is 1. The Bertz CT molecular complexity index is 792. The van der Waals surface area contributed by atoms with Gasteiger partial charge in [0.15, 0.2) is 0 Å². The lowest BCUT2D eigenvalue weighted by Crippen LogP contribution is -2.35. The molecule has 0 aliphatic carbocycles. The van der Waals surface area contributed by atoms with Crippen LogP contribution in [0.3, 0.4) is 0 Å². The number of hydrogen-bond donors (Lipinski definition) is 1. The Morgan fingerprint density at radius 2 is 2.04 bits per heavy atom. The van der Waals surface area contributed by atoms with Gasteiger partial charge < -0.3 is 5.32 Å². The maximum absolute atomic E-state index is 11.5. The quantitative estimate of drug-likeness (QED) is 0.816. The maximum atomic E-state index is 11.5. The van der Waals surface area contributed by atoms with Crippen molar-refractivity contribution in [2.24, 2.45) is 5.92 Å². The Morgan fingerprint density at radius 1 is 1.26 bits per heavy atom. The summed E-state index contributed by atoms with van der Waals surface area (Å²) in [5.74, 6) is 0.582. The second-order valence-corrected chi connectivity index (χ2v) is 7.49. The molecule has 0 saturated carbocycles. The van der Waals surface area contributed by atoms with Gasteiger partial charge in [0.1, 0.15) is 0 Å². The van der Waals surface area contributed by atoms with Crippen LogP contribution in [-0.2, 0) is 24.4 Å². The number of rotatable bonds is 7. The number of nitrogens with zero attached hydrogens (tertiary/aromatic N) is 3. The van der Waals surface area contributed by atoms with E-state index in [0.29, 0.717) is 18.9 Å². The van der Waals surface area contributed by atoms with E-state index in [1.165, 1.54) is 16.8 Å². The van der Waals surface area contributed by atoms with Crippen LogP contribution in [0.25, 0.3) is 5.57 Å². The standard InChI is InChI=1S/C22H30N4O/c1-4-22(27)23-14-20-13-21-16-25(10-11-26(21)24-20)15-19(12-17(2)3)18-8-6-5-7-9-18/h5-9,12-13,17H,4,10-11,14-16H2,1-3H3,(H,23,27). The molecule has 1 amide bonds. The molecule has 0 atom stereocenters. The zero-order chi connectivity index (χ0) is 19.2. The van der Waals surface area contributed by atoms with Gasteiger partial charge in [-0.15, -0.1) is 0 Å². The predicted octanol–water partition coefficient (Wildman–Crippen LogP) is 3.46. The molecule has 1 aliphatic rings. The van der Waals surface area contributed by atoms with Gasteiger partial charge >= 0.3 is 0 Å². The minimum atomic E-state index is 0.0638. The van der Waals surface area contributed by atoms with Gasteiger partial charge in [0.25, 0.3) is 0 Å². The van der Waals surface area contributed by atoms with Gasteiger partial charge in [-0.25, -0.2) is 0 Å². The van der Waals surface area contributed by atoms with Gasteiger partial charge in [-0.1, -0.05) is 57.2 Å². The first kappa shape index (κ1) is 19.4. The van der Waals surface area contributed by atoms with Crippen LogP contribution in [0.2, 0.25) is 0 Å². The fourth-order valence-electron chi connectivity index (χ4n) is 3.45. The lowest BCUT2D eigenvalue weighted by molar-refractivity contribution is -0.120. The Balaban J connectivity index is 1.68. The van der Waals surface area contributed by atoms with Crippen molar-refractivity contribution in [3.63, 3.8) is 0 Å². The summed E-state index contributed by atoms with van der Waals surface area (Å²) in [7, 11) is 0. The molecule has 1 N–H and O–H groups in total. The first-order valence-corrected chi connectivity index (χ1v) is 9.86. The van der Waals surface area contributed by atoms with Crippen LogP contribution in [0, 0.1) is 5.92 Å². The molecule has 2 aromatic rings. The third-order valence-electron chi connectivity index (χ3n) is 4.79.